The number of nitrogens with zero attached hydrogens (tertiary/aromatic N) is 1. The van der Waals surface area contributed by atoms with Gasteiger partial charge in [0.25, 0.3) is 0 Å². The standard InChI is InChI=1S/C14H22ClN3OS/c1-9(16)14(11-6-7-12(15)20-11)18(8-13(17)19)10-4-2-3-5-10/h6-7,9-10,14H,2-5,8,16H2,1H3,(H2,17,19). The van der Waals surface area contributed by atoms with Crippen LogP contribution in [0.1, 0.15) is 43.5 Å². The first kappa shape index (κ1) is 15.8. The Morgan fingerprint density at radius 2 is 2.15 bits per heavy atom. The lowest BCUT2D eigenvalue weighted by Crippen LogP contribution is -2.47. The van der Waals surface area contributed by atoms with Crippen LogP contribution in [0.4, 0.5) is 0 Å². The van der Waals surface area contributed by atoms with E-state index in [4.69, 9.17) is 23.1 Å². The number of primary amides is 1. The highest BCUT2D eigenvalue weighted by Crippen LogP contribution is 2.36. The van der Waals surface area contributed by atoms with Crippen LogP contribution in [0.3, 0.4) is 0 Å². The fraction of sp³-hybridized carbons (Fsp3) is 0.643. The van der Waals surface area contributed by atoms with Gasteiger partial charge in [-0.1, -0.05) is 24.4 Å². The quantitative estimate of drug-likeness (QED) is 0.847. The Morgan fingerprint density at radius 1 is 1.50 bits per heavy atom. The van der Waals surface area contributed by atoms with E-state index >= 15 is 0 Å². The highest BCUT2D eigenvalue weighted by Gasteiger charge is 2.33. The third-order valence-corrected chi connectivity index (χ3v) is 5.17. The zero-order valence-electron chi connectivity index (χ0n) is 11.7. The van der Waals surface area contributed by atoms with Crippen LogP contribution >= 0.6 is 22.9 Å². The SMILES string of the molecule is CC(N)C(c1ccc(Cl)s1)N(CC(N)=O)C1CCCC1. The Morgan fingerprint density at radius 3 is 2.60 bits per heavy atom. The van der Waals surface area contributed by atoms with Crippen LogP contribution < -0.4 is 11.5 Å². The molecule has 1 aromatic rings. The van der Waals surface area contributed by atoms with Crippen molar-refractivity contribution in [3.8, 4) is 0 Å². The lowest BCUT2D eigenvalue weighted by Gasteiger charge is -2.37. The van der Waals surface area contributed by atoms with E-state index in [0.29, 0.717) is 6.04 Å². The van der Waals surface area contributed by atoms with Crippen LogP contribution in [0.5, 0.6) is 0 Å². The van der Waals surface area contributed by atoms with Crippen LogP contribution in [-0.4, -0.2) is 29.4 Å². The average molecular weight is 316 g/mol. The largest absolute Gasteiger partial charge is 0.369 e. The summed E-state index contributed by atoms with van der Waals surface area (Å²) in [5.41, 5.74) is 11.6. The summed E-state index contributed by atoms with van der Waals surface area (Å²) in [5, 5.41) is 0. The minimum Gasteiger partial charge on any atom is -0.369 e. The number of amides is 1. The molecule has 0 aromatic carbocycles. The van der Waals surface area contributed by atoms with Crippen molar-refractivity contribution in [3.05, 3.63) is 21.3 Å². The smallest absolute Gasteiger partial charge is 0.231 e. The predicted octanol–water partition coefficient (Wildman–Crippen LogP) is 2.52. The van der Waals surface area contributed by atoms with Gasteiger partial charge in [0.2, 0.25) is 5.91 Å². The van der Waals surface area contributed by atoms with Gasteiger partial charge in [0.1, 0.15) is 0 Å². The maximum absolute atomic E-state index is 11.4. The van der Waals surface area contributed by atoms with Crippen molar-refractivity contribution in [3.63, 3.8) is 0 Å². The van der Waals surface area contributed by atoms with Crippen molar-refractivity contribution in [1.29, 1.82) is 0 Å². The molecule has 2 atom stereocenters. The van der Waals surface area contributed by atoms with E-state index in [1.165, 1.54) is 24.2 Å². The summed E-state index contributed by atoms with van der Waals surface area (Å²) in [6.45, 7) is 2.23. The van der Waals surface area contributed by atoms with Gasteiger partial charge in [-0.25, -0.2) is 0 Å². The lowest BCUT2D eigenvalue weighted by atomic mass is 10.0. The van der Waals surface area contributed by atoms with E-state index < -0.39 is 0 Å². The van der Waals surface area contributed by atoms with Crippen molar-refractivity contribution >= 4 is 28.8 Å². The summed E-state index contributed by atoms with van der Waals surface area (Å²) < 4.78 is 0.746. The molecule has 2 unspecified atom stereocenters. The van der Waals surface area contributed by atoms with E-state index in [1.54, 1.807) is 0 Å². The molecule has 4 nitrogen and oxygen atoms in total. The molecule has 112 valence electrons. The Balaban J connectivity index is 2.28. The molecule has 0 bridgehead atoms. The van der Waals surface area contributed by atoms with Gasteiger partial charge in [0, 0.05) is 17.0 Å². The minimum absolute atomic E-state index is 0.00287. The molecule has 1 amide bonds. The molecule has 0 spiro atoms. The maximum atomic E-state index is 11.4. The highest BCUT2D eigenvalue weighted by atomic mass is 35.5. The summed E-state index contributed by atoms with van der Waals surface area (Å²) in [6.07, 6.45) is 4.62. The van der Waals surface area contributed by atoms with Crippen LogP contribution in [0.25, 0.3) is 0 Å². The van der Waals surface area contributed by atoms with Crippen molar-refractivity contribution in [2.45, 2.75) is 50.7 Å². The molecule has 1 aliphatic rings. The fourth-order valence-electron chi connectivity index (χ4n) is 3.08. The lowest BCUT2D eigenvalue weighted by molar-refractivity contribution is -0.120. The zero-order valence-corrected chi connectivity index (χ0v) is 13.3. The summed E-state index contributed by atoms with van der Waals surface area (Å²) in [5.74, 6) is -0.301. The summed E-state index contributed by atoms with van der Waals surface area (Å²) in [6, 6.07) is 4.20. The zero-order chi connectivity index (χ0) is 14.7. The minimum atomic E-state index is -0.301. The molecule has 1 saturated carbocycles. The van der Waals surface area contributed by atoms with Gasteiger partial charge >= 0.3 is 0 Å². The third-order valence-electron chi connectivity index (χ3n) is 3.87. The Labute approximate surface area is 129 Å². The topological polar surface area (TPSA) is 72.3 Å². The molecule has 1 aliphatic carbocycles. The molecule has 1 aromatic heterocycles. The number of rotatable bonds is 6. The number of thiophene rings is 1. The van der Waals surface area contributed by atoms with Crippen molar-refractivity contribution in [2.75, 3.05) is 6.54 Å². The van der Waals surface area contributed by atoms with Crippen LogP contribution in [0.2, 0.25) is 4.34 Å². The number of hydrogen-bond donors (Lipinski definition) is 2. The number of carbonyl (C=O) groups excluding carboxylic acids is 1. The molecular formula is C14H22ClN3OS. The van der Waals surface area contributed by atoms with Gasteiger partial charge in [-0.3, -0.25) is 9.69 Å². The van der Waals surface area contributed by atoms with Crippen molar-refractivity contribution in [1.82, 2.24) is 4.90 Å². The first-order chi connectivity index (χ1) is 9.49. The molecule has 0 saturated heterocycles. The molecule has 1 heterocycles. The van der Waals surface area contributed by atoms with Gasteiger partial charge in [0.05, 0.1) is 16.9 Å². The maximum Gasteiger partial charge on any atom is 0.231 e. The molecule has 1 fully saturated rings. The Bertz CT molecular complexity index is 457. The van der Waals surface area contributed by atoms with E-state index in [0.717, 1.165) is 22.1 Å². The summed E-state index contributed by atoms with van der Waals surface area (Å²) >= 11 is 7.58. The van der Waals surface area contributed by atoms with E-state index in [2.05, 4.69) is 4.90 Å². The van der Waals surface area contributed by atoms with Crippen molar-refractivity contribution in [2.24, 2.45) is 11.5 Å². The number of carbonyl (C=O) groups is 1. The van der Waals surface area contributed by atoms with Gasteiger partial charge in [-0.05, 0) is 31.9 Å². The second-order valence-electron chi connectivity index (χ2n) is 5.52. The predicted molar refractivity (Wildman–Crippen MR) is 83.9 cm³/mol. The first-order valence-electron chi connectivity index (χ1n) is 7.04. The molecule has 0 aliphatic heterocycles. The number of halogens is 1. The number of hydrogen-bond acceptors (Lipinski definition) is 4. The van der Waals surface area contributed by atoms with Gasteiger partial charge < -0.3 is 11.5 Å². The second-order valence-corrected chi connectivity index (χ2v) is 7.27. The molecular weight excluding hydrogens is 294 g/mol. The van der Waals surface area contributed by atoms with E-state index in [1.807, 2.05) is 19.1 Å². The molecule has 2 rings (SSSR count). The summed E-state index contributed by atoms with van der Waals surface area (Å²) in [4.78, 5) is 14.7. The molecule has 4 N–H and O–H groups in total. The van der Waals surface area contributed by atoms with E-state index in [9.17, 15) is 4.79 Å². The second kappa shape index (κ2) is 6.89. The number of nitrogens with two attached hydrogens (primary N) is 2. The van der Waals surface area contributed by atoms with Gasteiger partial charge in [-0.15, -0.1) is 11.3 Å². The average Bonchev–Trinajstić information content (AvgIpc) is 2.98. The molecule has 20 heavy (non-hydrogen) atoms. The summed E-state index contributed by atoms with van der Waals surface area (Å²) in [7, 11) is 0. The Kier molecular flexibility index (Phi) is 5.43. The fourth-order valence-corrected chi connectivity index (χ4v) is 4.38. The first-order valence-corrected chi connectivity index (χ1v) is 8.23. The monoisotopic (exact) mass is 315 g/mol. The van der Waals surface area contributed by atoms with E-state index in [-0.39, 0.29) is 24.5 Å². The van der Waals surface area contributed by atoms with Crippen LogP contribution in [0.15, 0.2) is 12.1 Å². The van der Waals surface area contributed by atoms with Crippen LogP contribution in [0, 0.1) is 0 Å². The normalized spacial score (nSPS) is 19.4. The molecule has 6 heteroatoms. The van der Waals surface area contributed by atoms with Gasteiger partial charge in [-0.2, -0.15) is 0 Å². The van der Waals surface area contributed by atoms with Gasteiger partial charge in [0.15, 0.2) is 0 Å². The third kappa shape index (κ3) is 3.73. The highest BCUT2D eigenvalue weighted by molar-refractivity contribution is 7.16. The Hall–Kier alpha value is -0.620. The van der Waals surface area contributed by atoms with Crippen LogP contribution in [-0.2, 0) is 4.79 Å². The van der Waals surface area contributed by atoms with Crippen molar-refractivity contribution < 1.29 is 4.79 Å². The molecule has 0 radical (unpaired) electrons.